The largest absolute Gasteiger partial charge is 0.493 e. The molecule has 0 radical (unpaired) electrons. The van der Waals surface area contributed by atoms with Gasteiger partial charge in [-0.3, -0.25) is 9.59 Å². The van der Waals surface area contributed by atoms with Crippen molar-refractivity contribution in [2.45, 2.75) is 12.8 Å². The zero-order valence-electron chi connectivity index (χ0n) is 17.8. The molecule has 0 saturated carbocycles. The smallest absolute Gasteiger partial charge is 0.227 e. The summed E-state index contributed by atoms with van der Waals surface area (Å²) in [4.78, 5) is 28.8. The van der Waals surface area contributed by atoms with Gasteiger partial charge in [0.1, 0.15) is 0 Å². The van der Waals surface area contributed by atoms with E-state index in [1.165, 1.54) is 0 Å². The first kappa shape index (κ1) is 21.5. The Kier molecular flexibility index (Phi) is 7.17. The fraction of sp³-hybridized carbons (Fsp3) is 0.391. The molecular formula is C23H29N3O4. The van der Waals surface area contributed by atoms with Crippen LogP contribution in [0, 0.1) is 5.92 Å². The highest BCUT2D eigenvalue weighted by atomic mass is 16.5. The summed E-state index contributed by atoms with van der Waals surface area (Å²) in [6.45, 7) is 1.78. The highest BCUT2D eigenvalue weighted by Crippen LogP contribution is 2.34. The Morgan fingerprint density at radius 2 is 1.87 bits per heavy atom. The topological polar surface area (TPSA) is 71.1 Å². The second-order valence-corrected chi connectivity index (χ2v) is 7.35. The lowest BCUT2D eigenvalue weighted by Crippen LogP contribution is -2.34. The molecule has 0 aliphatic carbocycles. The van der Waals surface area contributed by atoms with E-state index in [0.717, 1.165) is 18.7 Å². The molecule has 1 saturated heterocycles. The number of para-hydroxylation sites is 1. The molecule has 2 aromatic rings. The molecule has 1 aliphatic heterocycles. The molecule has 1 heterocycles. The van der Waals surface area contributed by atoms with E-state index in [0.29, 0.717) is 30.3 Å². The Hall–Kier alpha value is -3.22. The third kappa shape index (κ3) is 5.03. The molecule has 1 aliphatic rings. The van der Waals surface area contributed by atoms with Crippen LogP contribution in [0.15, 0.2) is 48.5 Å². The first-order valence-corrected chi connectivity index (χ1v) is 10.1. The van der Waals surface area contributed by atoms with Gasteiger partial charge in [-0.25, -0.2) is 0 Å². The minimum Gasteiger partial charge on any atom is -0.493 e. The summed E-state index contributed by atoms with van der Waals surface area (Å²) < 4.78 is 10.6. The van der Waals surface area contributed by atoms with E-state index < -0.39 is 0 Å². The molecule has 1 atom stereocenters. The molecule has 3 rings (SSSR count). The second-order valence-electron chi connectivity index (χ2n) is 7.35. The van der Waals surface area contributed by atoms with Gasteiger partial charge in [-0.15, -0.1) is 0 Å². The van der Waals surface area contributed by atoms with E-state index in [1.807, 2.05) is 25.2 Å². The highest BCUT2D eigenvalue weighted by molar-refractivity contribution is 6.00. The number of nitrogens with zero attached hydrogens (tertiary/aromatic N) is 2. The predicted molar refractivity (Wildman–Crippen MR) is 117 cm³/mol. The SMILES string of the molecule is COc1ccc(N2CC(C(=O)NCCCN(C)c3ccccc3)CC2=O)cc1OC. The standard InChI is InChI=1S/C23H29N3O4/c1-25(18-8-5-4-6-9-18)13-7-12-24-23(28)17-14-22(27)26(16-17)19-10-11-20(29-2)21(15-19)30-3/h4-6,8-11,15,17H,7,12-14,16H2,1-3H3,(H,24,28). The molecule has 160 valence electrons. The number of carbonyl (C=O) groups is 2. The number of carbonyl (C=O) groups excluding carboxylic acids is 2. The van der Waals surface area contributed by atoms with Crippen LogP contribution >= 0.6 is 0 Å². The van der Waals surface area contributed by atoms with Crippen LogP contribution in [0.1, 0.15) is 12.8 Å². The van der Waals surface area contributed by atoms with Gasteiger partial charge in [0.05, 0.1) is 20.1 Å². The Bertz CT molecular complexity index is 872. The molecule has 7 heteroatoms. The van der Waals surface area contributed by atoms with Crippen molar-refractivity contribution in [3.8, 4) is 11.5 Å². The normalized spacial score (nSPS) is 15.8. The maximum atomic E-state index is 12.6. The number of anilines is 2. The maximum absolute atomic E-state index is 12.6. The average Bonchev–Trinajstić information content (AvgIpc) is 3.18. The first-order valence-electron chi connectivity index (χ1n) is 10.1. The Morgan fingerprint density at radius 1 is 1.13 bits per heavy atom. The lowest BCUT2D eigenvalue weighted by atomic mass is 10.1. The van der Waals surface area contributed by atoms with Crippen molar-refractivity contribution in [3.05, 3.63) is 48.5 Å². The average molecular weight is 412 g/mol. The van der Waals surface area contributed by atoms with Gasteiger partial charge in [-0.1, -0.05) is 18.2 Å². The minimum atomic E-state index is -0.350. The zero-order valence-corrected chi connectivity index (χ0v) is 17.8. The van der Waals surface area contributed by atoms with Crippen LogP contribution in [0.25, 0.3) is 0 Å². The van der Waals surface area contributed by atoms with Gasteiger partial charge in [-0.05, 0) is 30.7 Å². The summed E-state index contributed by atoms with van der Waals surface area (Å²) >= 11 is 0. The van der Waals surface area contributed by atoms with E-state index in [9.17, 15) is 9.59 Å². The molecule has 30 heavy (non-hydrogen) atoms. The Morgan fingerprint density at radius 3 is 2.57 bits per heavy atom. The monoisotopic (exact) mass is 411 g/mol. The Labute approximate surface area is 177 Å². The first-order chi connectivity index (χ1) is 14.5. The third-order valence-electron chi connectivity index (χ3n) is 5.34. The summed E-state index contributed by atoms with van der Waals surface area (Å²) in [5.74, 6) is 0.665. The van der Waals surface area contributed by atoms with Crippen LogP contribution in [0.5, 0.6) is 11.5 Å². The van der Waals surface area contributed by atoms with E-state index in [1.54, 1.807) is 37.3 Å². The van der Waals surface area contributed by atoms with Crippen LogP contribution in [0.2, 0.25) is 0 Å². The minimum absolute atomic E-state index is 0.0637. The number of nitrogens with one attached hydrogen (secondary N) is 1. The molecule has 0 spiro atoms. The number of benzene rings is 2. The molecule has 2 aromatic carbocycles. The van der Waals surface area contributed by atoms with E-state index in [2.05, 4.69) is 22.3 Å². The molecule has 1 fully saturated rings. The summed E-state index contributed by atoms with van der Waals surface area (Å²) in [6, 6.07) is 15.5. The molecule has 1 N–H and O–H groups in total. The molecule has 1 unspecified atom stereocenters. The summed E-state index contributed by atoms with van der Waals surface area (Å²) in [5, 5.41) is 2.98. The van der Waals surface area contributed by atoms with Gasteiger partial charge in [0.15, 0.2) is 11.5 Å². The van der Waals surface area contributed by atoms with Crippen LogP contribution < -0.4 is 24.6 Å². The van der Waals surface area contributed by atoms with Crippen molar-refractivity contribution in [2.24, 2.45) is 5.92 Å². The molecule has 0 bridgehead atoms. The Balaban J connectivity index is 1.49. The van der Waals surface area contributed by atoms with Gasteiger partial charge in [0.25, 0.3) is 0 Å². The predicted octanol–water partition coefficient (Wildman–Crippen LogP) is 2.70. The second kappa shape index (κ2) is 10.0. The molecule has 7 nitrogen and oxygen atoms in total. The van der Waals surface area contributed by atoms with Crippen LogP contribution in [-0.4, -0.2) is 52.7 Å². The van der Waals surface area contributed by atoms with Crippen LogP contribution in [-0.2, 0) is 9.59 Å². The number of amides is 2. The zero-order chi connectivity index (χ0) is 21.5. The van der Waals surface area contributed by atoms with Crippen molar-refractivity contribution >= 4 is 23.2 Å². The lowest BCUT2D eigenvalue weighted by Gasteiger charge is -2.20. The molecule has 0 aromatic heterocycles. The molecule has 2 amide bonds. The summed E-state index contributed by atoms with van der Waals surface area (Å²) in [6.07, 6.45) is 1.04. The number of ether oxygens (including phenoxy) is 2. The van der Waals surface area contributed by atoms with Gasteiger partial charge in [0.2, 0.25) is 11.8 Å². The van der Waals surface area contributed by atoms with Crippen molar-refractivity contribution < 1.29 is 19.1 Å². The quantitative estimate of drug-likeness (QED) is 0.643. The van der Waals surface area contributed by atoms with Gasteiger partial charge < -0.3 is 24.6 Å². The van der Waals surface area contributed by atoms with Crippen molar-refractivity contribution in [2.75, 3.05) is 50.7 Å². The van der Waals surface area contributed by atoms with Crippen molar-refractivity contribution in [1.29, 1.82) is 0 Å². The van der Waals surface area contributed by atoms with E-state index in [4.69, 9.17) is 9.47 Å². The third-order valence-corrected chi connectivity index (χ3v) is 5.34. The lowest BCUT2D eigenvalue weighted by molar-refractivity contribution is -0.126. The van der Waals surface area contributed by atoms with Gasteiger partial charge in [0, 0.05) is 50.5 Å². The number of hydrogen-bond donors (Lipinski definition) is 1. The number of methoxy groups -OCH3 is 2. The van der Waals surface area contributed by atoms with Crippen molar-refractivity contribution in [1.82, 2.24) is 5.32 Å². The maximum Gasteiger partial charge on any atom is 0.227 e. The number of hydrogen-bond acceptors (Lipinski definition) is 5. The van der Waals surface area contributed by atoms with E-state index >= 15 is 0 Å². The highest BCUT2D eigenvalue weighted by Gasteiger charge is 2.35. The van der Waals surface area contributed by atoms with Crippen LogP contribution in [0.4, 0.5) is 11.4 Å². The number of rotatable bonds is 9. The van der Waals surface area contributed by atoms with E-state index in [-0.39, 0.29) is 24.2 Å². The van der Waals surface area contributed by atoms with Crippen LogP contribution in [0.3, 0.4) is 0 Å². The molecular weight excluding hydrogens is 382 g/mol. The summed E-state index contributed by atoms with van der Waals surface area (Å²) in [5.41, 5.74) is 1.85. The fourth-order valence-corrected chi connectivity index (χ4v) is 3.61. The summed E-state index contributed by atoms with van der Waals surface area (Å²) in [7, 11) is 5.16. The van der Waals surface area contributed by atoms with Gasteiger partial charge >= 0.3 is 0 Å². The van der Waals surface area contributed by atoms with Crippen molar-refractivity contribution in [3.63, 3.8) is 0 Å². The van der Waals surface area contributed by atoms with Gasteiger partial charge in [-0.2, -0.15) is 0 Å². The fourth-order valence-electron chi connectivity index (χ4n) is 3.61.